The Morgan fingerprint density at radius 1 is 1.08 bits per heavy atom. The molecule has 2 atom stereocenters. The summed E-state index contributed by atoms with van der Waals surface area (Å²) in [6, 6.07) is 9.56. The summed E-state index contributed by atoms with van der Waals surface area (Å²) in [5.74, 6) is 0.764. The zero-order chi connectivity index (χ0) is 18.4. The number of nitrogens with zero attached hydrogens (tertiary/aromatic N) is 2. The quantitative estimate of drug-likeness (QED) is 0.883. The average Bonchev–Trinajstić information content (AvgIpc) is 3.17. The summed E-state index contributed by atoms with van der Waals surface area (Å²) in [5.41, 5.74) is 0.759. The number of rotatable bonds is 2. The monoisotopic (exact) mass is 355 g/mol. The summed E-state index contributed by atoms with van der Waals surface area (Å²) >= 11 is 0. The molecule has 0 radical (unpaired) electrons. The molecule has 0 aromatic heterocycles. The van der Waals surface area contributed by atoms with Crippen LogP contribution in [0.4, 0.5) is 0 Å². The van der Waals surface area contributed by atoms with Crippen molar-refractivity contribution in [2.75, 3.05) is 40.3 Å². The summed E-state index contributed by atoms with van der Waals surface area (Å²) in [7, 11) is 3.89. The molecule has 0 unspecified atom stereocenters. The summed E-state index contributed by atoms with van der Waals surface area (Å²) in [6.45, 7) is 3.47. The highest BCUT2D eigenvalue weighted by Crippen LogP contribution is 2.61. The molecule has 2 heterocycles. The Balaban J connectivity index is 1.50. The maximum absolute atomic E-state index is 12.8. The van der Waals surface area contributed by atoms with E-state index in [2.05, 4.69) is 17.3 Å². The molecule has 2 aliphatic heterocycles. The maximum atomic E-state index is 12.8. The Bertz CT molecular complexity index is 696. The van der Waals surface area contributed by atoms with E-state index in [0.29, 0.717) is 5.92 Å². The number of hydrogen-bond donors (Lipinski definition) is 1. The first kappa shape index (κ1) is 17.5. The van der Waals surface area contributed by atoms with Crippen molar-refractivity contribution in [3.63, 3.8) is 0 Å². The fourth-order valence-corrected chi connectivity index (χ4v) is 5.93. The Kier molecular flexibility index (Phi) is 4.30. The minimum absolute atomic E-state index is 0.138. The summed E-state index contributed by atoms with van der Waals surface area (Å²) < 4.78 is 0. The normalized spacial score (nSPS) is 30.4. The highest BCUT2D eigenvalue weighted by atomic mass is 16.2. The molecule has 1 spiro atoms. The number of likely N-dealkylation sites (tertiary alicyclic amines) is 2. The Hall–Kier alpha value is -1.88. The molecule has 5 heteroatoms. The molecule has 2 amide bonds. The minimum atomic E-state index is -0.227. The van der Waals surface area contributed by atoms with Crippen LogP contribution in [0.2, 0.25) is 0 Å². The highest BCUT2D eigenvalue weighted by Gasteiger charge is 2.63. The summed E-state index contributed by atoms with van der Waals surface area (Å²) in [6.07, 6.45) is 4.13. The first-order chi connectivity index (χ1) is 12.5. The zero-order valence-corrected chi connectivity index (χ0v) is 15.8. The summed E-state index contributed by atoms with van der Waals surface area (Å²) in [4.78, 5) is 29.8. The number of hydrogen-bond acceptors (Lipinski definition) is 3. The van der Waals surface area contributed by atoms with Crippen LogP contribution in [-0.2, 0) is 4.79 Å². The molecule has 1 aliphatic carbocycles. The van der Waals surface area contributed by atoms with Gasteiger partial charge in [-0.3, -0.25) is 9.59 Å². The van der Waals surface area contributed by atoms with Crippen molar-refractivity contribution in [2.45, 2.75) is 25.7 Å². The lowest BCUT2D eigenvalue weighted by Crippen LogP contribution is -2.49. The maximum Gasteiger partial charge on any atom is 0.253 e. The van der Waals surface area contributed by atoms with Gasteiger partial charge in [-0.2, -0.15) is 0 Å². The van der Waals surface area contributed by atoms with Crippen LogP contribution in [0.5, 0.6) is 0 Å². The lowest BCUT2D eigenvalue weighted by Gasteiger charge is -2.44. The van der Waals surface area contributed by atoms with Gasteiger partial charge >= 0.3 is 0 Å². The van der Waals surface area contributed by atoms with Gasteiger partial charge in [0.15, 0.2) is 0 Å². The standard InChI is InChI=1S/C21H29N3O2/c1-22-19(26)21-9-8-20(17(21)14-23(2)15-21)10-12-24(13-11-20)18(25)16-6-4-3-5-7-16/h3-7,17H,8-15H2,1-2H3,(H,22,26)/t17-,21+/m0/s1. The second-order valence-corrected chi connectivity index (χ2v) is 8.51. The van der Waals surface area contributed by atoms with Crippen LogP contribution in [0.3, 0.4) is 0 Å². The first-order valence-corrected chi connectivity index (χ1v) is 9.76. The molecule has 2 saturated heterocycles. The fourth-order valence-electron chi connectivity index (χ4n) is 5.93. The van der Waals surface area contributed by atoms with E-state index in [1.807, 2.05) is 35.2 Å². The molecule has 3 fully saturated rings. The molecule has 1 N–H and O–H groups in total. The third-order valence-electron chi connectivity index (χ3n) is 7.27. The van der Waals surface area contributed by atoms with Crippen molar-refractivity contribution in [2.24, 2.45) is 16.7 Å². The van der Waals surface area contributed by atoms with Crippen molar-refractivity contribution in [1.29, 1.82) is 0 Å². The molecule has 26 heavy (non-hydrogen) atoms. The largest absolute Gasteiger partial charge is 0.359 e. The third-order valence-corrected chi connectivity index (χ3v) is 7.27. The smallest absolute Gasteiger partial charge is 0.253 e. The van der Waals surface area contributed by atoms with E-state index in [0.717, 1.165) is 57.4 Å². The molecule has 5 nitrogen and oxygen atoms in total. The van der Waals surface area contributed by atoms with Gasteiger partial charge in [0.2, 0.25) is 5.91 Å². The van der Waals surface area contributed by atoms with Crippen molar-refractivity contribution >= 4 is 11.8 Å². The Labute approximate surface area is 155 Å². The second kappa shape index (κ2) is 6.38. The van der Waals surface area contributed by atoms with Crippen LogP contribution < -0.4 is 5.32 Å². The van der Waals surface area contributed by atoms with Crippen molar-refractivity contribution in [3.05, 3.63) is 35.9 Å². The molecular weight excluding hydrogens is 326 g/mol. The number of nitrogens with one attached hydrogen (secondary N) is 1. The van der Waals surface area contributed by atoms with E-state index >= 15 is 0 Å². The Morgan fingerprint density at radius 3 is 2.42 bits per heavy atom. The van der Waals surface area contributed by atoms with Crippen molar-refractivity contribution < 1.29 is 9.59 Å². The lowest BCUT2D eigenvalue weighted by atomic mass is 9.65. The van der Waals surface area contributed by atoms with Crippen molar-refractivity contribution in [1.82, 2.24) is 15.1 Å². The third kappa shape index (κ3) is 2.56. The van der Waals surface area contributed by atoms with E-state index in [1.54, 1.807) is 7.05 Å². The minimum Gasteiger partial charge on any atom is -0.359 e. The topological polar surface area (TPSA) is 52.7 Å². The molecule has 1 aromatic carbocycles. The van der Waals surface area contributed by atoms with Crippen LogP contribution >= 0.6 is 0 Å². The van der Waals surface area contributed by atoms with E-state index in [-0.39, 0.29) is 22.6 Å². The van der Waals surface area contributed by atoms with Gasteiger partial charge < -0.3 is 15.1 Å². The van der Waals surface area contributed by atoms with Gasteiger partial charge in [-0.05, 0) is 56.2 Å². The zero-order valence-electron chi connectivity index (χ0n) is 15.8. The molecule has 1 aromatic rings. The second-order valence-electron chi connectivity index (χ2n) is 8.51. The van der Waals surface area contributed by atoms with Crippen LogP contribution in [0.25, 0.3) is 0 Å². The van der Waals surface area contributed by atoms with Gasteiger partial charge in [0.05, 0.1) is 5.41 Å². The van der Waals surface area contributed by atoms with Crippen LogP contribution in [0.15, 0.2) is 30.3 Å². The number of piperidine rings is 1. The van der Waals surface area contributed by atoms with E-state index in [4.69, 9.17) is 0 Å². The number of fused-ring (bicyclic) bond motifs is 2. The predicted octanol–water partition coefficient (Wildman–Crippen LogP) is 2.00. The van der Waals surface area contributed by atoms with Crippen LogP contribution in [-0.4, -0.2) is 61.9 Å². The summed E-state index contributed by atoms with van der Waals surface area (Å²) in [5, 5.41) is 2.93. The molecule has 0 bridgehead atoms. The van der Waals surface area contributed by atoms with E-state index in [9.17, 15) is 9.59 Å². The predicted molar refractivity (Wildman–Crippen MR) is 101 cm³/mol. The van der Waals surface area contributed by atoms with Gasteiger partial charge in [-0.15, -0.1) is 0 Å². The van der Waals surface area contributed by atoms with Gasteiger partial charge in [-0.25, -0.2) is 0 Å². The molecule has 3 aliphatic rings. The highest BCUT2D eigenvalue weighted by molar-refractivity contribution is 5.94. The van der Waals surface area contributed by atoms with E-state index < -0.39 is 0 Å². The van der Waals surface area contributed by atoms with Gasteiger partial charge in [0, 0.05) is 38.8 Å². The number of carbonyl (C=O) groups is 2. The molecular formula is C21H29N3O2. The number of carbonyl (C=O) groups excluding carboxylic acids is 2. The van der Waals surface area contributed by atoms with Gasteiger partial charge in [0.25, 0.3) is 5.91 Å². The average molecular weight is 355 g/mol. The van der Waals surface area contributed by atoms with Gasteiger partial charge in [0.1, 0.15) is 0 Å². The molecule has 140 valence electrons. The SMILES string of the molecule is CNC(=O)[C@@]12CCC3(CCN(C(=O)c4ccccc4)CC3)[C@@H]1CN(C)C2. The number of benzene rings is 1. The van der Waals surface area contributed by atoms with Crippen LogP contribution in [0, 0.1) is 16.7 Å². The number of amides is 2. The van der Waals surface area contributed by atoms with Gasteiger partial charge in [-0.1, -0.05) is 18.2 Å². The van der Waals surface area contributed by atoms with E-state index in [1.165, 1.54) is 0 Å². The molecule has 4 rings (SSSR count). The molecule has 1 saturated carbocycles. The lowest BCUT2D eigenvalue weighted by molar-refractivity contribution is -0.132. The van der Waals surface area contributed by atoms with Crippen molar-refractivity contribution in [3.8, 4) is 0 Å². The van der Waals surface area contributed by atoms with Crippen LogP contribution in [0.1, 0.15) is 36.0 Å². The Morgan fingerprint density at radius 2 is 1.77 bits per heavy atom. The fraction of sp³-hybridized carbons (Fsp3) is 0.619. The first-order valence-electron chi connectivity index (χ1n) is 9.76.